The zero-order valence-electron chi connectivity index (χ0n) is 11.4. The molecule has 1 aliphatic heterocycles. The Kier molecular flexibility index (Phi) is 4.92. The van der Waals surface area contributed by atoms with Crippen molar-refractivity contribution in [3.05, 3.63) is 35.4 Å². The van der Waals surface area contributed by atoms with Crippen molar-refractivity contribution in [1.82, 2.24) is 9.62 Å². The second-order valence-electron chi connectivity index (χ2n) is 4.85. The summed E-state index contributed by atoms with van der Waals surface area (Å²) < 4.78 is 26.0. The van der Waals surface area contributed by atoms with E-state index in [9.17, 15) is 13.2 Å². The highest BCUT2D eigenvalue weighted by Gasteiger charge is 2.26. The highest BCUT2D eigenvalue weighted by molar-refractivity contribution is 7.88. The van der Waals surface area contributed by atoms with Gasteiger partial charge >= 0.3 is 0 Å². The van der Waals surface area contributed by atoms with E-state index in [-0.39, 0.29) is 23.2 Å². The fraction of sp³-hybridized carbons (Fsp3) is 0.385. The molecule has 0 atom stereocenters. The number of hydrogen-bond acceptors (Lipinski definition) is 4. The second kappa shape index (κ2) is 6.50. The van der Waals surface area contributed by atoms with Crippen LogP contribution in [-0.2, 0) is 20.6 Å². The Labute approximate surface area is 129 Å². The molecule has 1 aromatic rings. The number of benzene rings is 1. The fourth-order valence-electron chi connectivity index (χ4n) is 2.08. The third kappa shape index (κ3) is 4.23. The van der Waals surface area contributed by atoms with Crippen LogP contribution in [0.25, 0.3) is 0 Å². The van der Waals surface area contributed by atoms with E-state index in [4.69, 9.17) is 18.0 Å². The van der Waals surface area contributed by atoms with Crippen LogP contribution in [0.4, 0.5) is 0 Å². The molecule has 1 fully saturated rings. The lowest BCUT2D eigenvalue weighted by Gasteiger charge is -2.18. The van der Waals surface area contributed by atoms with E-state index in [0.717, 1.165) is 0 Å². The maximum atomic E-state index is 12.4. The van der Waals surface area contributed by atoms with Gasteiger partial charge in [-0.3, -0.25) is 4.79 Å². The Morgan fingerprint density at radius 3 is 2.62 bits per heavy atom. The van der Waals surface area contributed by atoms with Crippen molar-refractivity contribution < 1.29 is 13.2 Å². The Morgan fingerprint density at radius 1 is 1.33 bits per heavy atom. The van der Waals surface area contributed by atoms with Crippen LogP contribution in [0, 0.1) is 0 Å². The molecule has 1 heterocycles. The Hall–Kier alpha value is -1.51. The van der Waals surface area contributed by atoms with Gasteiger partial charge in [0.15, 0.2) is 0 Å². The molecule has 6 nitrogen and oxygen atoms in total. The summed E-state index contributed by atoms with van der Waals surface area (Å²) in [7, 11) is -3.52. The van der Waals surface area contributed by atoms with Gasteiger partial charge in [0.1, 0.15) is 4.99 Å². The molecule has 114 valence electrons. The molecule has 0 radical (unpaired) electrons. The minimum atomic E-state index is -3.52. The molecule has 21 heavy (non-hydrogen) atoms. The van der Waals surface area contributed by atoms with Gasteiger partial charge in [-0.15, -0.1) is 0 Å². The summed E-state index contributed by atoms with van der Waals surface area (Å²) in [4.78, 5) is 11.7. The highest BCUT2D eigenvalue weighted by atomic mass is 32.2. The number of thiocarbonyl (C=S) groups is 1. The van der Waals surface area contributed by atoms with Crippen LogP contribution in [0.15, 0.2) is 24.3 Å². The van der Waals surface area contributed by atoms with E-state index in [1.807, 2.05) is 0 Å². The summed E-state index contributed by atoms with van der Waals surface area (Å²) in [5, 5.41) is 2.66. The molecular weight excluding hydrogens is 310 g/mol. The molecule has 0 aliphatic carbocycles. The number of nitrogens with two attached hydrogens (primary N) is 1. The number of carbonyl (C=O) groups is 1. The van der Waals surface area contributed by atoms with Crippen molar-refractivity contribution in [2.45, 2.75) is 12.2 Å². The topological polar surface area (TPSA) is 92.5 Å². The van der Waals surface area contributed by atoms with Crippen molar-refractivity contribution in [3.8, 4) is 0 Å². The SMILES string of the molecule is NC(=S)c1ccc(CS(=O)(=O)N2CCCNC(=O)C2)cc1. The van der Waals surface area contributed by atoms with E-state index in [0.29, 0.717) is 30.6 Å². The molecule has 0 unspecified atom stereocenters. The van der Waals surface area contributed by atoms with Gasteiger partial charge in [0.25, 0.3) is 0 Å². The van der Waals surface area contributed by atoms with Gasteiger partial charge in [0, 0.05) is 18.7 Å². The smallest absolute Gasteiger partial charge is 0.235 e. The summed E-state index contributed by atoms with van der Waals surface area (Å²) in [5.41, 5.74) is 6.83. The molecule has 0 bridgehead atoms. The lowest BCUT2D eigenvalue weighted by Crippen LogP contribution is -2.38. The van der Waals surface area contributed by atoms with Gasteiger partial charge in [0.2, 0.25) is 15.9 Å². The van der Waals surface area contributed by atoms with Crippen molar-refractivity contribution in [3.63, 3.8) is 0 Å². The maximum Gasteiger partial charge on any atom is 0.235 e. The van der Waals surface area contributed by atoms with Crippen LogP contribution >= 0.6 is 12.2 Å². The summed E-state index contributed by atoms with van der Waals surface area (Å²) in [5.74, 6) is -0.405. The van der Waals surface area contributed by atoms with E-state index < -0.39 is 10.0 Å². The van der Waals surface area contributed by atoms with E-state index in [2.05, 4.69) is 5.32 Å². The molecule has 1 aromatic carbocycles. The standard InChI is InChI=1S/C13H17N3O3S2/c14-13(20)11-4-2-10(3-5-11)9-21(18,19)16-7-1-6-15-12(17)8-16/h2-5H,1,6-9H2,(H2,14,20)(H,15,17). The first-order valence-corrected chi connectivity index (χ1v) is 8.53. The number of hydrogen-bond donors (Lipinski definition) is 2. The summed E-state index contributed by atoms with van der Waals surface area (Å²) in [6.45, 7) is 0.743. The van der Waals surface area contributed by atoms with Gasteiger partial charge in [-0.25, -0.2) is 8.42 Å². The predicted octanol–water partition coefficient (Wildman–Crippen LogP) is -0.0275. The number of sulfonamides is 1. The Morgan fingerprint density at radius 2 is 2.00 bits per heavy atom. The van der Waals surface area contributed by atoms with Crippen LogP contribution in [-0.4, -0.2) is 43.3 Å². The number of amides is 1. The summed E-state index contributed by atoms with van der Waals surface area (Å²) in [6, 6.07) is 6.76. The molecule has 8 heteroatoms. The summed E-state index contributed by atoms with van der Waals surface area (Å²) in [6.07, 6.45) is 0.616. The lowest BCUT2D eigenvalue weighted by atomic mass is 10.1. The van der Waals surface area contributed by atoms with Gasteiger partial charge in [-0.2, -0.15) is 4.31 Å². The van der Waals surface area contributed by atoms with Crippen molar-refractivity contribution in [2.24, 2.45) is 5.73 Å². The first-order valence-electron chi connectivity index (χ1n) is 6.52. The van der Waals surface area contributed by atoms with Crippen molar-refractivity contribution in [2.75, 3.05) is 19.6 Å². The third-order valence-corrected chi connectivity index (χ3v) is 5.24. The number of nitrogens with zero attached hydrogens (tertiary/aromatic N) is 1. The average molecular weight is 327 g/mol. The van der Waals surface area contributed by atoms with Gasteiger partial charge in [-0.1, -0.05) is 36.5 Å². The zero-order valence-corrected chi connectivity index (χ0v) is 13.0. The molecule has 1 saturated heterocycles. The number of carbonyl (C=O) groups excluding carboxylic acids is 1. The molecule has 2 rings (SSSR count). The van der Waals surface area contributed by atoms with Crippen molar-refractivity contribution in [1.29, 1.82) is 0 Å². The molecule has 3 N–H and O–H groups in total. The maximum absolute atomic E-state index is 12.4. The third-order valence-electron chi connectivity index (χ3n) is 3.21. The van der Waals surface area contributed by atoms with Crippen LogP contribution in [0.5, 0.6) is 0 Å². The van der Waals surface area contributed by atoms with Crippen molar-refractivity contribution >= 4 is 33.1 Å². The minimum absolute atomic E-state index is 0.118. The average Bonchev–Trinajstić information content (AvgIpc) is 2.64. The quantitative estimate of drug-likeness (QED) is 0.758. The highest BCUT2D eigenvalue weighted by Crippen LogP contribution is 2.13. The van der Waals surface area contributed by atoms with Crippen LogP contribution in [0.1, 0.15) is 17.5 Å². The van der Waals surface area contributed by atoms with Crippen LogP contribution < -0.4 is 11.1 Å². The number of nitrogens with one attached hydrogen (secondary N) is 1. The molecule has 1 aliphatic rings. The lowest BCUT2D eigenvalue weighted by molar-refractivity contribution is -0.120. The Bertz CT molecular complexity index is 641. The fourth-order valence-corrected chi connectivity index (χ4v) is 3.74. The van der Waals surface area contributed by atoms with Gasteiger partial charge < -0.3 is 11.1 Å². The van der Waals surface area contributed by atoms with E-state index in [1.54, 1.807) is 24.3 Å². The zero-order chi connectivity index (χ0) is 15.5. The van der Waals surface area contributed by atoms with Crippen LogP contribution in [0.3, 0.4) is 0 Å². The molecular formula is C13H17N3O3S2. The summed E-state index contributed by atoms with van der Waals surface area (Å²) >= 11 is 4.85. The molecule has 0 saturated carbocycles. The normalized spacial score (nSPS) is 17.0. The van der Waals surface area contributed by atoms with E-state index in [1.165, 1.54) is 4.31 Å². The first kappa shape index (κ1) is 15.9. The first-order chi connectivity index (χ1) is 9.88. The monoisotopic (exact) mass is 327 g/mol. The Balaban J connectivity index is 2.12. The predicted molar refractivity (Wildman–Crippen MR) is 84.2 cm³/mol. The minimum Gasteiger partial charge on any atom is -0.389 e. The van der Waals surface area contributed by atoms with Crippen LogP contribution in [0.2, 0.25) is 0 Å². The largest absolute Gasteiger partial charge is 0.389 e. The number of rotatable bonds is 4. The van der Waals surface area contributed by atoms with Gasteiger partial charge in [-0.05, 0) is 12.0 Å². The molecule has 0 aromatic heterocycles. The van der Waals surface area contributed by atoms with E-state index >= 15 is 0 Å². The van der Waals surface area contributed by atoms with Gasteiger partial charge in [0.05, 0.1) is 12.3 Å². The second-order valence-corrected chi connectivity index (χ2v) is 7.26. The molecule has 0 spiro atoms. The molecule has 1 amide bonds.